The molecule has 0 amide bonds. The second-order valence-electron chi connectivity index (χ2n) is 5.08. The van der Waals surface area contributed by atoms with Gasteiger partial charge in [0.2, 0.25) is 0 Å². The molecule has 0 atom stereocenters. The Labute approximate surface area is 120 Å². The van der Waals surface area contributed by atoms with Crippen molar-refractivity contribution in [1.29, 1.82) is 0 Å². The number of rotatable bonds is 3. The van der Waals surface area contributed by atoms with Crippen LogP contribution in [-0.4, -0.2) is 6.04 Å². The van der Waals surface area contributed by atoms with Gasteiger partial charge in [0, 0.05) is 11.4 Å². The molecular weight excluding hydrogens is 302 g/mol. The predicted molar refractivity (Wildman–Crippen MR) is 83.4 cm³/mol. The van der Waals surface area contributed by atoms with E-state index in [4.69, 9.17) is 4.42 Å². The monoisotopic (exact) mass is 317 g/mol. The second-order valence-corrected chi connectivity index (χ2v) is 5.87. The highest BCUT2D eigenvalue weighted by Crippen LogP contribution is 2.34. The standard InChI is InChI=1S/C16H16BrNO/c1-10(2)18-9-13-8-12-7-11-5-3-4-6-14(11)15(17)16(12)19-13/h3-8,10,18H,9H2,1-2H3. The third-order valence-corrected chi connectivity index (χ3v) is 3.99. The minimum absolute atomic E-state index is 0.454. The summed E-state index contributed by atoms with van der Waals surface area (Å²) in [5.74, 6) is 0.972. The van der Waals surface area contributed by atoms with Gasteiger partial charge in [0.05, 0.1) is 11.0 Å². The Morgan fingerprint density at radius 3 is 2.74 bits per heavy atom. The lowest BCUT2D eigenvalue weighted by atomic mass is 10.1. The third kappa shape index (κ3) is 2.40. The summed E-state index contributed by atoms with van der Waals surface area (Å²) in [5, 5.41) is 6.93. The first-order chi connectivity index (χ1) is 9.15. The fourth-order valence-corrected chi connectivity index (χ4v) is 2.91. The van der Waals surface area contributed by atoms with Gasteiger partial charge in [-0.15, -0.1) is 0 Å². The van der Waals surface area contributed by atoms with Crippen molar-refractivity contribution in [2.24, 2.45) is 0 Å². The molecule has 0 aliphatic rings. The molecule has 0 radical (unpaired) electrons. The summed E-state index contributed by atoms with van der Waals surface area (Å²) in [5.41, 5.74) is 0.930. The molecule has 0 spiro atoms. The van der Waals surface area contributed by atoms with Gasteiger partial charge >= 0.3 is 0 Å². The molecule has 0 saturated carbocycles. The molecular formula is C16H16BrNO. The van der Waals surface area contributed by atoms with Crippen LogP contribution in [0.1, 0.15) is 19.6 Å². The maximum absolute atomic E-state index is 5.95. The SMILES string of the molecule is CC(C)NCc1cc2cc3ccccc3c(Br)c2o1. The summed E-state index contributed by atoms with van der Waals surface area (Å²) < 4.78 is 6.99. The number of hydrogen-bond donors (Lipinski definition) is 1. The van der Waals surface area contributed by atoms with Gasteiger partial charge < -0.3 is 9.73 Å². The minimum atomic E-state index is 0.454. The van der Waals surface area contributed by atoms with Crippen LogP contribution in [0.25, 0.3) is 21.7 Å². The highest BCUT2D eigenvalue weighted by atomic mass is 79.9. The Hall–Kier alpha value is -1.32. The van der Waals surface area contributed by atoms with Gasteiger partial charge in [-0.25, -0.2) is 0 Å². The summed E-state index contributed by atoms with van der Waals surface area (Å²) in [6.07, 6.45) is 0. The molecule has 98 valence electrons. The van der Waals surface area contributed by atoms with Gasteiger partial charge in [-0.3, -0.25) is 0 Å². The fraction of sp³-hybridized carbons (Fsp3) is 0.250. The smallest absolute Gasteiger partial charge is 0.149 e. The van der Waals surface area contributed by atoms with Crippen LogP contribution in [0.3, 0.4) is 0 Å². The molecule has 0 fully saturated rings. The number of halogens is 1. The van der Waals surface area contributed by atoms with E-state index >= 15 is 0 Å². The quantitative estimate of drug-likeness (QED) is 0.747. The first kappa shape index (κ1) is 12.7. The van der Waals surface area contributed by atoms with E-state index in [0.29, 0.717) is 6.04 Å². The largest absolute Gasteiger partial charge is 0.458 e. The first-order valence-corrected chi connectivity index (χ1v) is 7.27. The number of furan rings is 1. The third-order valence-electron chi connectivity index (χ3n) is 3.20. The number of hydrogen-bond acceptors (Lipinski definition) is 2. The van der Waals surface area contributed by atoms with Crippen LogP contribution >= 0.6 is 15.9 Å². The second kappa shape index (κ2) is 4.99. The Morgan fingerprint density at radius 2 is 1.95 bits per heavy atom. The molecule has 1 heterocycles. The molecule has 1 aromatic heterocycles. The van der Waals surface area contributed by atoms with E-state index in [0.717, 1.165) is 27.7 Å². The van der Waals surface area contributed by atoms with Crippen molar-refractivity contribution in [2.75, 3.05) is 0 Å². The zero-order valence-corrected chi connectivity index (χ0v) is 12.6. The topological polar surface area (TPSA) is 25.2 Å². The Balaban J connectivity index is 2.11. The summed E-state index contributed by atoms with van der Waals surface area (Å²) in [7, 11) is 0. The van der Waals surface area contributed by atoms with E-state index < -0.39 is 0 Å². The lowest BCUT2D eigenvalue weighted by Gasteiger charge is -2.04. The predicted octanol–water partition coefficient (Wildman–Crippen LogP) is 4.85. The van der Waals surface area contributed by atoms with E-state index in [1.807, 2.05) is 6.07 Å². The number of fused-ring (bicyclic) bond motifs is 2. The van der Waals surface area contributed by atoms with Crippen LogP contribution in [0.4, 0.5) is 0 Å². The molecule has 0 unspecified atom stereocenters. The van der Waals surface area contributed by atoms with Crippen molar-refractivity contribution in [1.82, 2.24) is 5.32 Å². The molecule has 0 aliphatic heterocycles. The van der Waals surface area contributed by atoms with Crippen LogP contribution in [0.15, 0.2) is 45.3 Å². The molecule has 3 rings (SSSR count). The van der Waals surface area contributed by atoms with Crippen molar-refractivity contribution in [3.8, 4) is 0 Å². The molecule has 0 bridgehead atoms. The van der Waals surface area contributed by atoms with Crippen LogP contribution in [0.2, 0.25) is 0 Å². The van der Waals surface area contributed by atoms with Crippen molar-refractivity contribution in [3.05, 3.63) is 46.6 Å². The molecule has 2 nitrogen and oxygen atoms in total. The minimum Gasteiger partial charge on any atom is -0.458 e. The van der Waals surface area contributed by atoms with Crippen molar-refractivity contribution >= 4 is 37.7 Å². The van der Waals surface area contributed by atoms with E-state index in [-0.39, 0.29) is 0 Å². The van der Waals surface area contributed by atoms with E-state index in [2.05, 4.69) is 65.4 Å². The maximum Gasteiger partial charge on any atom is 0.149 e. The lowest BCUT2D eigenvalue weighted by Crippen LogP contribution is -2.21. The highest BCUT2D eigenvalue weighted by Gasteiger charge is 2.10. The van der Waals surface area contributed by atoms with Crippen LogP contribution in [0.5, 0.6) is 0 Å². The van der Waals surface area contributed by atoms with Gasteiger partial charge in [0.15, 0.2) is 0 Å². The van der Waals surface area contributed by atoms with Crippen molar-refractivity contribution < 1.29 is 4.42 Å². The highest BCUT2D eigenvalue weighted by molar-refractivity contribution is 9.10. The van der Waals surface area contributed by atoms with Gasteiger partial charge in [-0.05, 0) is 38.8 Å². The molecule has 1 N–H and O–H groups in total. The molecule has 3 aromatic rings. The Morgan fingerprint density at radius 1 is 1.16 bits per heavy atom. The molecule has 2 aromatic carbocycles. The van der Waals surface area contributed by atoms with Crippen LogP contribution in [-0.2, 0) is 6.54 Å². The fourth-order valence-electron chi connectivity index (χ4n) is 2.24. The zero-order valence-electron chi connectivity index (χ0n) is 11.0. The van der Waals surface area contributed by atoms with Crippen molar-refractivity contribution in [2.45, 2.75) is 26.4 Å². The molecule has 0 saturated heterocycles. The normalized spacial score (nSPS) is 11.8. The Bertz CT molecular complexity index is 730. The van der Waals surface area contributed by atoms with Gasteiger partial charge in [0.25, 0.3) is 0 Å². The van der Waals surface area contributed by atoms with Crippen LogP contribution < -0.4 is 5.32 Å². The average molecular weight is 318 g/mol. The van der Waals surface area contributed by atoms with E-state index in [1.54, 1.807) is 0 Å². The molecule has 0 aliphatic carbocycles. The number of nitrogens with one attached hydrogen (secondary N) is 1. The summed E-state index contributed by atoms with van der Waals surface area (Å²) in [4.78, 5) is 0. The summed E-state index contributed by atoms with van der Waals surface area (Å²) >= 11 is 3.66. The van der Waals surface area contributed by atoms with Crippen LogP contribution in [0, 0.1) is 0 Å². The summed E-state index contributed by atoms with van der Waals surface area (Å²) in [6, 6.07) is 13.1. The lowest BCUT2D eigenvalue weighted by molar-refractivity contribution is 0.488. The van der Waals surface area contributed by atoms with Gasteiger partial charge in [-0.2, -0.15) is 0 Å². The zero-order chi connectivity index (χ0) is 13.4. The van der Waals surface area contributed by atoms with E-state index in [1.165, 1.54) is 10.8 Å². The van der Waals surface area contributed by atoms with Gasteiger partial charge in [0.1, 0.15) is 11.3 Å². The van der Waals surface area contributed by atoms with E-state index in [9.17, 15) is 0 Å². The van der Waals surface area contributed by atoms with Gasteiger partial charge in [-0.1, -0.05) is 38.1 Å². The average Bonchev–Trinajstić information content (AvgIpc) is 2.80. The Kier molecular flexibility index (Phi) is 3.33. The molecule has 3 heteroatoms. The van der Waals surface area contributed by atoms with Crippen molar-refractivity contribution in [3.63, 3.8) is 0 Å². The number of benzene rings is 2. The summed E-state index contributed by atoms with van der Waals surface area (Å²) in [6.45, 7) is 5.02. The first-order valence-electron chi connectivity index (χ1n) is 6.48. The molecule has 19 heavy (non-hydrogen) atoms. The maximum atomic E-state index is 5.95.